The van der Waals surface area contributed by atoms with Gasteiger partial charge in [-0.2, -0.15) is 0 Å². The van der Waals surface area contributed by atoms with Crippen LogP contribution in [-0.2, 0) is 6.42 Å². The number of benzene rings is 1. The van der Waals surface area contributed by atoms with Gasteiger partial charge in [-0.3, -0.25) is 0 Å². The van der Waals surface area contributed by atoms with Crippen LogP contribution < -0.4 is 10.1 Å². The van der Waals surface area contributed by atoms with Gasteiger partial charge in [-0.15, -0.1) is 11.3 Å². The van der Waals surface area contributed by atoms with Crippen molar-refractivity contribution in [2.45, 2.75) is 26.3 Å². The third kappa shape index (κ3) is 3.19. The number of halogens is 1. The molecular formula is C16H20FNOS. The molecule has 0 radical (unpaired) electrons. The fraction of sp³-hybridized carbons (Fsp3) is 0.375. The van der Waals surface area contributed by atoms with Gasteiger partial charge in [0.2, 0.25) is 0 Å². The van der Waals surface area contributed by atoms with E-state index in [4.69, 9.17) is 4.74 Å². The first kappa shape index (κ1) is 15.0. The second-order valence-electron chi connectivity index (χ2n) is 4.53. The molecule has 1 heterocycles. The maximum Gasteiger partial charge on any atom is 0.124 e. The highest BCUT2D eigenvalue weighted by Crippen LogP contribution is 2.34. The Morgan fingerprint density at radius 2 is 2.05 bits per heavy atom. The molecule has 1 aromatic carbocycles. The maximum absolute atomic E-state index is 13.6. The molecule has 1 unspecified atom stereocenters. The molecule has 0 saturated carbocycles. The summed E-state index contributed by atoms with van der Waals surface area (Å²) in [5.41, 5.74) is 0.846. The summed E-state index contributed by atoms with van der Waals surface area (Å²) < 4.78 is 19.0. The standard InChI is InChI=1S/C16H20FNOS/c1-4-12-7-9-15(20-12)16(18-5-2)13-10-11(17)6-8-14(13)19-3/h6-10,16,18H,4-5H2,1-3H3. The van der Waals surface area contributed by atoms with Crippen LogP contribution in [0, 0.1) is 5.82 Å². The lowest BCUT2D eigenvalue weighted by Gasteiger charge is -2.19. The molecule has 0 spiro atoms. The Morgan fingerprint density at radius 1 is 1.25 bits per heavy atom. The molecule has 1 aromatic heterocycles. The van der Waals surface area contributed by atoms with Crippen molar-refractivity contribution in [3.8, 4) is 5.75 Å². The molecular weight excluding hydrogens is 273 g/mol. The Hall–Kier alpha value is -1.39. The molecule has 0 fully saturated rings. The van der Waals surface area contributed by atoms with Crippen LogP contribution in [0.1, 0.15) is 35.2 Å². The highest BCUT2D eigenvalue weighted by molar-refractivity contribution is 7.12. The number of hydrogen-bond acceptors (Lipinski definition) is 3. The SMILES string of the molecule is CCNC(c1ccc(CC)s1)c1cc(F)ccc1OC. The van der Waals surface area contributed by atoms with Crippen molar-refractivity contribution >= 4 is 11.3 Å². The molecule has 4 heteroatoms. The van der Waals surface area contributed by atoms with Gasteiger partial charge in [0.25, 0.3) is 0 Å². The van der Waals surface area contributed by atoms with Crippen LogP contribution in [0.5, 0.6) is 5.75 Å². The summed E-state index contributed by atoms with van der Waals surface area (Å²) in [6.07, 6.45) is 1.02. The second-order valence-corrected chi connectivity index (χ2v) is 5.73. The topological polar surface area (TPSA) is 21.3 Å². The van der Waals surface area contributed by atoms with Crippen LogP contribution in [0.3, 0.4) is 0 Å². The predicted molar refractivity (Wildman–Crippen MR) is 82.2 cm³/mol. The molecule has 0 amide bonds. The zero-order valence-electron chi connectivity index (χ0n) is 12.1. The van der Waals surface area contributed by atoms with Crippen molar-refractivity contribution in [1.29, 1.82) is 0 Å². The minimum Gasteiger partial charge on any atom is -0.496 e. The Morgan fingerprint density at radius 3 is 2.65 bits per heavy atom. The first-order valence-corrected chi connectivity index (χ1v) is 7.66. The van der Waals surface area contributed by atoms with Crippen molar-refractivity contribution in [3.05, 3.63) is 51.5 Å². The highest BCUT2D eigenvalue weighted by Gasteiger charge is 2.19. The van der Waals surface area contributed by atoms with Crippen LogP contribution in [-0.4, -0.2) is 13.7 Å². The summed E-state index contributed by atoms with van der Waals surface area (Å²) in [6, 6.07) is 8.88. The van der Waals surface area contributed by atoms with Crippen LogP contribution in [0.2, 0.25) is 0 Å². The molecule has 0 saturated heterocycles. The summed E-state index contributed by atoms with van der Waals surface area (Å²) in [5.74, 6) is 0.472. The van der Waals surface area contributed by atoms with E-state index in [-0.39, 0.29) is 11.9 Å². The molecule has 2 rings (SSSR count). The van der Waals surface area contributed by atoms with Gasteiger partial charge < -0.3 is 10.1 Å². The molecule has 108 valence electrons. The minimum atomic E-state index is -0.240. The molecule has 1 atom stereocenters. The largest absolute Gasteiger partial charge is 0.496 e. The van der Waals surface area contributed by atoms with E-state index in [1.807, 2.05) is 6.92 Å². The lowest BCUT2D eigenvalue weighted by atomic mass is 10.0. The van der Waals surface area contributed by atoms with Gasteiger partial charge in [-0.1, -0.05) is 13.8 Å². The van der Waals surface area contributed by atoms with Crippen LogP contribution in [0.15, 0.2) is 30.3 Å². The van der Waals surface area contributed by atoms with Gasteiger partial charge >= 0.3 is 0 Å². The molecule has 2 nitrogen and oxygen atoms in total. The lowest BCUT2D eigenvalue weighted by molar-refractivity contribution is 0.403. The summed E-state index contributed by atoms with van der Waals surface area (Å²) >= 11 is 1.76. The average molecular weight is 293 g/mol. The monoisotopic (exact) mass is 293 g/mol. The molecule has 0 aliphatic heterocycles. The molecule has 20 heavy (non-hydrogen) atoms. The number of hydrogen-bond donors (Lipinski definition) is 1. The number of thiophene rings is 1. The number of nitrogens with one attached hydrogen (secondary N) is 1. The Kier molecular flexibility index (Phi) is 5.15. The summed E-state index contributed by atoms with van der Waals surface area (Å²) in [6.45, 7) is 5.00. The quantitative estimate of drug-likeness (QED) is 0.863. The maximum atomic E-state index is 13.6. The molecule has 0 bridgehead atoms. The van der Waals surface area contributed by atoms with Gasteiger partial charge in [0.1, 0.15) is 11.6 Å². The van der Waals surface area contributed by atoms with Gasteiger partial charge in [-0.05, 0) is 43.3 Å². The van der Waals surface area contributed by atoms with Crippen molar-refractivity contribution < 1.29 is 9.13 Å². The van der Waals surface area contributed by atoms with Crippen molar-refractivity contribution in [3.63, 3.8) is 0 Å². The second kappa shape index (κ2) is 6.86. The van der Waals surface area contributed by atoms with Gasteiger partial charge in [0.15, 0.2) is 0 Å². The fourth-order valence-electron chi connectivity index (χ4n) is 2.24. The fourth-order valence-corrected chi connectivity index (χ4v) is 3.29. The third-order valence-corrected chi connectivity index (χ3v) is 4.52. The van der Waals surface area contributed by atoms with E-state index in [9.17, 15) is 4.39 Å². The van der Waals surface area contributed by atoms with Crippen molar-refractivity contribution in [2.24, 2.45) is 0 Å². The normalized spacial score (nSPS) is 12.4. The summed E-state index contributed by atoms with van der Waals surface area (Å²) in [5, 5.41) is 3.42. The van der Waals surface area contributed by atoms with E-state index >= 15 is 0 Å². The summed E-state index contributed by atoms with van der Waals surface area (Å²) in [4.78, 5) is 2.52. The first-order chi connectivity index (χ1) is 9.69. The van der Waals surface area contributed by atoms with Crippen LogP contribution >= 0.6 is 11.3 Å². The highest BCUT2D eigenvalue weighted by atomic mass is 32.1. The van der Waals surface area contributed by atoms with Crippen molar-refractivity contribution in [2.75, 3.05) is 13.7 Å². The lowest BCUT2D eigenvalue weighted by Crippen LogP contribution is -2.21. The minimum absolute atomic E-state index is 0.0315. The number of methoxy groups -OCH3 is 1. The van der Waals surface area contributed by atoms with E-state index in [0.29, 0.717) is 5.75 Å². The molecule has 0 aliphatic carbocycles. The first-order valence-electron chi connectivity index (χ1n) is 6.85. The number of ether oxygens (including phenoxy) is 1. The number of aryl methyl sites for hydroxylation is 1. The van der Waals surface area contributed by atoms with Crippen LogP contribution in [0.25, 0.3) is 0 Å². The smallest absolute Gasteiger partial charge is 0.124 e. The van der Waals surface area contributed by atoms with Crippen molar-refractivity contribution in [1.82, 2.24) is 5.32 Å². The third-order valence-electron chi connectivity index (χ3n) is 3.23. The van der Waals surface area contributed by atoms with E-state index in [1.54, 1.807) is 30.6 Å². The summed E-state index contributed by atoms with van der Waals surface area (Å²) in [7, 11) is 1.62. The van der Waals surface area contributed by atoms with Gasteiger partial charge in [0, 0.05) is 15.3 Å². The van der Waals surface area contributed by atoms with Gasteiger partial charge in [0.05, 0.1) is 13.2 Å². The average Bonchev–Trinajstić information content (AvgIpc) is 2.93. The van der Waals surface area contributed by atoms with E-state index < -0.39 is 0 Å². The van der Waals surface area contributed by atoms with Crippen LogP contribution in [0.4, 0.5) is 4.39 Å². The predicted octanol–water partition coefficient (Wildman–Crippen LogP) is 4.16. The molecule has 1 N–H and O–H groups in total. The zero-order valence-corrected chi connectivity index (χ0v) is 12.9. The number of rotatable bonds is 6. The van der Waals surface area contributed by atoms with Gasteiger partial charge in [-0.25, -0.2) is 4.39 Å². The Labute approximate surface area is 123 Å². The van der Waals surface area contributed by atoms with E-state index in [1.165, 1.54) is 15.8 Å². The Bertz CT molecular complexity index is 567. The Balaban J connectivity index is 2.44. The van der Waals surface area contributed by atoms with E-state index in [0.717, 1.165) is 18.5 Å². The van der Waals surface area contributed by atoms with E-state index in [2.05, 4.69) is 24.4 Å². The zero-order chi connectivity index (χ0) is 14.5. The molecule has 0 aliphatic rings. The molecule has 2 aromatic rings.